The summed E-state index contributed by atoms with van der Waals surface area (Å²) in [6.45, 7) is 1.92. The van der Waals surface area contributed by atoms with Crippen LogP contribution in [0.4, 0.5) is 5.82 Å². The number of fused-ring (bicyclic) bond motifs is 2. The standard InChI is InChI=1S/C17H15N3/c1-2-6-14-12-20(10-9-13(14)5-1)17-11-18-15-7-3-4-8-16(15)19-17/h1-8,11H,9-10,12H2. The van der Waals surface area contributed by atoms with Crippen molar-refractivity contribution in [1.29, 1.82) is 0 Å². The van der Waals surface area contributed by atoms with Crippen molar-refractivity contribution in [3.8, 4) is 0 Å². The maximum Gasteiger partial charge on any atom is 0.148 e. The van der Waals surface area contributed by atoms with Gasteiger partial charge in [-0.25, -0.2) is 4.98 Å². The minimum absolute atomic E-state index is 0.920. The molecule has 0 fully saturated rings. The molecule has 1 aliphatic heterocycles. The van der Waals surface area contributed by atoms with Crippen molar-refractivity contribution in [2.24, 2.45) is 0 Å². The maximum absolute atomic E-state index is 4.74. The molecule has 2 aromatic carbocycles. The number of nitrogens with zero attached hydrogens (tertiary/aromatic N) is 3. The molecule has 20 heavy (non-hydrogen) atoms. The summed E-state index contributed by atoms with van der Waals surface area (Å²) in [6, 6.07) is 16.7. The second kappa shape index (κ2) is 4.60. The molecule has 0 unspecified atom stereocenters. The third kappa shape index (κ3) is 1.92. The number of hydrogen-bond acceptors (Lipinski definition) is 3. The molecule has 3 heteroatoms. The van der Waals surface area contributed by atoms with Gasteiger partial charge in [-0.1, -0.05) is 36.4 Å². The summed E-state index contributed by atoms with van der Waals surface area (Å²) in [6.07, 6.45) is 2.96. The van der Waals surface area contributed by atoms with E-state index in [0.29, 0.717) is 0 Å². The molecule has 0 N–H and O–H groups in total. The summed E-state index contributed by atoms with van der Waals surface area (Å²) >= 11 is 0. The Morgan fingerprint density at radius 1 is 0.850 bits per heavy atom. The molecule has 2 heterocycles. The zero-order chi connectivity index (χ0) is 13.4. The SMILES string of the molecule is c1ccc2c(c1)CCN(c1cnc3ccccc3n1)C2. The molecule has 98 valence electrons. The Balaban J connectivity index is 1.70. The fraction of sp³-hybridized carbons (Fsp3) is 0.176. The molecule has 0 saturated carbocycles. The summed E-state index contributed by atoms with van der Waals surface area (Å²) in [5.74, 6) is 0.971. The summed E-state index contributed by atoms with van der Waals surface area (Å²) in [7, 11) is 0. The molecule has 1 aliphatic rings. The zero-order valence-corrected chi connectivity index (χ0v) is 11.2. The van der Waals surface area contributed by atoms with Crippen molar-refractivity contribution in [3.05, 3.63) is 65.9 Å². The van der Waals surface area contributed by atoms with Gasteiger partial charge in [0.15, 0.2) is 0 Å². The Labute approximate surface area is 117 Å². The summed E-state index contributed by atoms with van der Waals surface area (Å²) in [4.78, 5) is 11.6. The van der Waals surface area contributed by atoms with Gasteiger partial charge in [-0.15, -0.1) is 0 Å². The first-order valence-corrected chi connectivity index (χ1v) is 6.94. The summed E-state index contributed by atoms with van der Waals surface area (Å²) in [5.41, 5.74) is 4.77. The Hall–Kier alpha value is -2.42. The minimum Gasteiger partial charge on any atom is -0.351 e. The number of anilines is 1. The van der Waals surface area contributed by atoms with Crippen molar-refractivity contribution in [2.75, 3.05) is 11.4 Å². The average Bonchev–Trinajstić information content (AvgIpc) is 2.54. The van der Waals surface area contributed by atoms with Gasteiger partial charge in [0.1, 0.15) is 5.82 Å². The first kappa shape index (κ1) is 11.4. The molecular weight excluding hydrogens is 246 g/mol. The minimum atomic E-state index is 0.920. The Kier molecular flexibility index (Phi) is 2.62. The molecule has 0 saturated heterocycles. The monoisotopic (exact) mass is 261 g/mol. The average molecular weight is 261 g/mol. The van der Waals surface area contributed by atoms with Crippen molar-refractivity contribution < 1.29 is 0 Å². The molecule has 3 aromatic rings. The van der Waals surface area contributed by atoms with E-state index >= 15 is 0 Å². The van der Waals surface area contributed by atoms with E-state index in [-0.39, 0.29) is 0 Å². The van der Waals surface area contributed by atoms with E-state index in [0.717, 1.165) is 36.4 Å². The van der Waals surface area contributed by atoms with Crippen LogP contribution < -0.4 is 4.90 Å². The predicted molar refractivity (Wildman–Crippen MR) is 80.7 cm³/mol. The molecule has 0 amide bonds. The highest BCUT2D eigenvalue weighted by Gasteiger charge is 2.17. The van der Waals surface area contributed by atoms with Gasteiger partial charge in [0, 0.05) is 13.1 Å². The van der Waals surface area contributed by atoms with E-state index in [9.17, 15) is 0 Å². The number of rotatable bonds is 1. The van der Waals surface area contributed by atoms with Crippen molar-refractivity contribution in [3.63, 3.8) is 0 Å². The second-order valence-corrected chi connectivity index (χ2v) is 5.16. The van der Waals surface area contributed by atoms with Gasteiger partial charge in [-0.3, -0.25) is 4.98 Å². The van der Waals surface area contributed by atoms with Crippen molar-refractivity contribution in [2.45, 2.75) is 13.0 Å². The molecule has 1 aromatic heterocycles. The normalized spacial score (nSPS) is 14.3. The molecular formula is C17H15N3. The molecule has 0 bridgehead atoms. The van der Waals surface area contributed by atoms with E-state index < -0.39 is 0 Å². The number of aromatic nitrogens is 2. The van der Waals surface area contributed by atoms with E-state index in [1.165, 1.54) is 11.1 Å². The van der Waals surface area contributed by atoms with Gasteiger partial charge in [0.25, 0.3) is 0 Å². The third-order valence-corrected chi connectivity index (χ3v) is 3.89. The van der Waals surface area contributed by atoms with Crippen LogP contribution in [-0.4, -0.2) is 16.5 Å². The molecule has 0 aliphatic carbocycles. The van der Waals surface area contributed by atoms with Gasteiger partial charge in [-0.2, -0.15) is 0 Å². The number of hydrogen-bond donors (Lipinski definition) is 0. The summed E-state index contributed by atoms with van der Waals surface area (Å²) < 4.78 is 0. The van der Waals surface area contributed by atoms with Crippen LogP contribution in [0.25, 0.3) is 11.0 Å². The van der Waals surface area contributed by atoms with Crippen LogP contribution in [0.3, 0.4) is 0 Å². The van der Waals surface area contributed by atoms with Gasteiger partial charge < -0.3 is 4.90 Å². The topological polar surface area (TPSA) is 29.0 Å². The highest BCUT2D eigenvalue weighted by Crippen LogP contribution is 2.23. The van der Waals surface area contributed by atoms with Crippen molar-refractivity contribution in [1.82, 2.24) is 9.97 Å². The Morgan fingerprint density at radius 3 is 2.50 bits per heavy atom. The maximum atomic E-state index is 4.74. The van der Waals surface area contributed by atoms with E-state index in [1.54, 1.807) is 0 Å². The lowest BCUT2D eigenvalue weighted by molar-refractivity contribution is 0.721. The largest absolute Gasteiger partial charge is 0.351 e. The van der Waals surface area contributed by atoms with E-state index in [2.05, 4.69) is 34.1 Å². The first-order valence-electron chi connectivity index (χ1n) is 6.94. The third-order valence-electron chi connectivity index (χ3n) is 3.89. The molecule has 3 nitrogen and oxygen atoms in total. The van der Waals surface area contributed by atoms with Crippen LogP contribution in [0.1, 0.15) is 11.1 Å². The molecule has 0 atom stereocenters. The predicted octanol–water partition coefficient (Wildman–Crippen LogP) is 3.19. The van der Waals surface area contributed by atoms with Crippen molar-refractivity contribution >= 4 is 16.9 Å². The smallest absolute Gasteiger partial charge is 0.148 e. The van der Waals surface area contributed by atoms with Crippen LogP contribution >= 0.6 is 0 Å². The summed E-state index contributed by atoms with van der Waals surface area (Å²) in [5, 5.41) is 0. The van der Waals surface area contributed by atoms with Gasteiger partial charge in [-0.05, 0) is 29.7 Å². The Bertz CT molecular complexity index is 767. The van der Waals surface area contributed by atoms with Gasteiger partial charge in [0.05, 0.1) is 17.2 Å². The highest BCUT2D eigenvalue weighted by atomic mass is 15.2. The Morgan fingerprint density at radius 2 is 1.60 bits per heavy atom. The highest BCUT2D eigenvalue weighted by molar-refractivity contribution is 5.75. The molecule has 0 spiro atoms. The second-order valence-electron chi connectivity index (χ2n) is 5.16. The lowest BCUT2D eigenvalue weighted by Crippen LogP contribution is -2.31. The first-order chi connectivity index (χ1) is 9.90. The molecule has 4 rings (SSSR count). The van der Waals surface area contributed by atoms with Crippen LogP contribution in [0.5, 0.6) is 0 Å². The number of para-hydroxylation sites is 2. The quantitative estimate of drug-likeness (QED) is 0.673. The lowest BCUT2D eigenvalue weighted by atomic mass is 10.00. The van der Waals surface area contributed by atoms with Gasteiger partial charge in [0.2, 0.25) is 0 Å². The van der Waals surface area contributed by atoms with Gasteiger partial charge >= 0.3 is 0 Å². The zero-order valence-electron chi connectivity index (χ0n) is 11.2. The van der Waals surface area contributed by atoms with E-state index in [4.69, 9.17) is 4.98 Å². The van der Waals surface area contributed by atoms with Crippen LogP contribution in [0.15, 0.2) is 54.7 Å². The number of benzene rings is 2. The lowest BCUT2D eigenvalue weighted by Gasteiger charge is -2.29. The fourth-order valence-electron chi connectivity index (χ4n) is 2.79. The van der Waals surface area contributed by atoms with Crippen LogP contribution in [-0.2, 0) is 13.0 Å². The van der Waals surface area contributed by atoms with Crippen LogP contribution in [0, 0.1) is 0 Å². The fourth-order valence-corrected chi connectivity index (χ4v) is 2.79. The van der Waals surface area contributed by atoms with Crippen LogP contribution in [0.2, 0.25) is 0 Å². The van der Waals surface area contributed by atoms with E-state index in [1.807, 2.05) is 30.5 Å². The molecule has 0 radical (unpaired) electrons.